The van der Waals surface area contributed by atoms with Crippen molar-refractivity contribution in [3.05, 3.63) is 35.4 Å². The maximum Gasteiger partial charge on any atom is 0.253 e. The Morgan fingerprint density at radius 2 is 2.00 bits per heavy atom. The Bertz CT molecular complexity index is 335. The van der Waals surface area contributed by atoms with Crippen LogP contribution in [-0.2, 0) is 11.3 Å². The van der Waals surface area contributed by atoms with E-state index in [4.69, 9.17) is 9.84 Å². The Kier molecular flexibility index (Phi) is 4.95. The predicted octanol–water partition coefficient (Wildman–Crippen LogP) is 0.897. The van der Waals surface area contributed by atoms with E-state index in [1.54, 1.807) is 26.3 Å². The molecule has 16 heavy (non-hydrogen) atoms. The van der Waals surface area contributed by atoms with Crippen molar-refractivity contribution >= 4 is 5.91 Å². The molecular formula is C12H17NO3. The quantitative estimate of drug-likeness (QED) is 0.806. The standard InChI is InChI=1S/C12H17NO3/c1-13(7-8-14)12(15)11-5-3-10(4-6-11)9-16-2/h3-6,14H,7-9H2,1-2H3. The highest BCUT2D eigenvalue weighted by atomic mass is 16.5. The van der Waals surface area contributed by atoms with Crippen molar-refractivity contribution in [1.29, 1.82) is 0 Å². The van der Waals surface area contributed by atoms with E-state index in [-0.39, 0.29) is 12.5 Å². The SMILES string of the molecule is COCc1ccc(C(=O)N(C)CCO)cc1. The van der Waals surface area contributed by atoms with E-state index in [0.717, 1.165) is 5.56 Å². The topological polar surface area (TPSA) is 49.8 Å². The molecule has 0 unspecified atom stereocenters. The average molecular weight is 223 g/mol. The summed E-state index contributed by atoms with van der Waals surface area (Å²) in [5.74, 6) is -0.0852. The molecule has 0 spiro atoms. The lowest BCUT2D eigenvalue weighted by Crippen LogP contribution is -2.29. The van der Waals surface area contributed by atoms with E-state index in [1.165, 1.54) is 4.90 Å². The van der Waals surface area contributed by atoms with Crippen LogP contribution in [0.3, 0.4) is 0 Å². The Balaban J connectivity index is 2.69. The molecule has 0 aromatic heterocycles. The molecule has 0 heterocycles. The summed E-state index contributed by atoms with van der Waals surface area (Å²) in [6, 6.07) is 7.27. The number of methoxy groups -OCH3 is 1. The van der Waals surface area contributed by atoms with Gasteiger partial charge in [-0.15, -0.1) is 0 Å². The van der Waals surface area contributed by atoms with E-state index in [2.05, 4.69) is 0 Å². The van der Waals surface area contributed by atoms with Crippen molar-refractivity contribution in [2.45, 2.75) is 6.61 Å². The zero-order valence-corrected chi connectivity index (χ0v) is 9.64. The van der Waals surface area contributed by atoms with E-state index >= 15 is 0 Å². The molecule has 1 amide bonds. The summed E-state index contributed by atoms with van der Waals surface area (Å²) in [7, 11) is 3.30. The van der Waals surface area contributed by atoms with Gasteiger partial charge in [-0.25, -0.2) is 0 Å². The molecular weight excluding hydrogens is 206 g/mol. The number of carbonyl (C=O) groups is 1. The number of hydrogen-bond donors (Lipinski definition) is 1. The molecule has 1 N–H and O–H groups in total. The highest BCUT2D eigenvalue weighted by Gasteiger charge is 2.10. The molecule has 4 heteroatoms. The smallest absolute Gasteiger partial charge is 0.253 e. The van der Waals surface area contributed by atoms with Crippen LogP contribution >= 0.6 is 0 Å². The molecule has 1 rings (SSSR count). The monoisotopic (exact) mass is 223 g/mol. The molecule has 0 aliphatic heterocycles. The van der Waals surface area contributed by atoms with Crippen LogP contribution in [0.25, 0.3) is 0 Å². The second-order valence-corrected chi connectivity index (χ2v) is 3.58. The van der Waals surface area contributed by atoms with Crippen LogP contribution in [0.5, 0.6) is 0 Å². The van der Waals surface area contributed by atoms with Crippen molar-refractivity contribution < 1.29 is 14.6 Å². The Morgan fingerprint density at radius 3 is 2.50 bits per heavy atom. The third-order valence-corrected chi connectivity index (χ3v) is 2.29. The number of aliphatic hydroxyl groups excluding tert-OH is 1. The first-order valence-electron chi connectivity index (χ1n) is 5.13. The zero-order valence-electron chi connectivity index (χ0n) is 9.64. The van der Waals surface area contributed by atoms with E-state index in [1.807, 2.05) is 12.1 Å². The number of amides is 1. The van der Waals surface area contributed by atoms with Gasteiger partial charge in [-0.2, -0.15) is 0 Å². The van der Waals surface area contributed by atoms with Crippen LogP contribution in [0.1, 0.15) is 15.9 Å². The van der Waals surface area contributed by atoms with Crippen molar-refractivity contribution in [2.24, 2.45) is 0 Å². The fourth-order valence-corrected chi connectivity index (χ4v) is 1.38. The van der Waals surface area contributed by atoms with Gasteiger partial charge in [-0.05, 0) is 17.7 Å². The third-order valence-electron chi connectivity index (χ3n) is 2.29. The van der Waals surface area contributed by atoms with E-state index in [0.29, 0.717) is 18.7 Å². The summed E-state index contributed by atoms with van der Waals surface area (Å²) in [5.41, 5.74) is 1.65. The molecule has 4 nitrogen and oxygen atoms in total. The van der Waals surface area contributed by atoms with Crippen LogP contribution in [0.2, 0.25) is 0 Å². The number of benzene rings is 1. The lowest BCUT2D eigenvalue weighted by Gasteiger charge is -2.15. The summed E-state index contributed by atoms with van der Waals surface area (Å²) >= 11 is 0. The van der Waals surface area contributed by atoms with Gasteiger partial charge in [0.15, 0.2) is 0 Å². The largest absolute Gasteiger partial charge is 0.395 e. The van der Waals surface area contributed by atoms with Crippen molar-refractivity contribution in [2.75, 3.05) is 27.3 Å². The molecule has 0 aliphatic carbocycles. The van der Waals surface area contributed by atoms with Gasteiger partial charge in [0.2, 0.25) is 0 Å². The lowest BCUT2D eigenvalue weighted by molar-refractivity contribution is 0.0767. The van der Waals surface area contributed by atoms with Crippen molar-refractivity contribution in [1.82, 2.24) is 4.90 Å². The summed E-state index contributed by atoms with van der Waals surface area (Å²) in [4.78, 5) is 13.3. The summed E-state index contributed by atoms with van der Waals surface area (Å²) in [5, 5.41) is 8.74. The Labute approximate surface area is 95.5 Å². The van der Waals surface area contributed by atoms with Gasteiger partial charge in [0.05, 0.1) is 13.2 Å². The van der Waals surface area contributed by atoms with E-state index < -0.39 is 0 Å². The zero-order chi connectivity index (χ0) is 12.0. The number of ether oxygens (including phenoxy) is 1. The van der Waals surface area contributed by atoms with Crippen LogP contribution in [0, 0.1) is 0 Å². The lowest BCUT2D eigenvalue weighted by atomic mass is 10.1. The van der Waals surface area contributed by atoms with E-state index in [9.17, 15) is 4.79 Å². The van der Waals surface area contributed by atoms with Gasteiger partial charge in [0.25, 0.3) is 5.91 Å². The highest BCUT2D eigenvalue weighted by Crippen LogP contribution is 2.07. The van der Waals surface area contributed by atoms with Crippen molar-refractivity contribution in [3.63, 3.8) is 0 Å². The van der Waals surface area contributed by atoms with Crippen LogP contribution in [-0.4, -0.2) is 43.2 Å². The molecule has 88 valence electrons. The maximum absolute atomic E-state index is 11.8. The Morgan fingerprint density at radius 1 is 1.38 bits per heavy atom. The molecule has 0 saturated carbocycles. The summed E-state index contributed by atoms with van der Waals surface area (Å²) in [6.07, 6.45) is 0. The second kappa shape index (κ2) is 6.25. The molecule has 0 saturated heterocycles. The molecule has 0 bridgehead atoms. The van der Waals surface area contributed by atoms with Gasteiger partial charge in [0.1, 0.15) is 0 Å². The molecule has 1 aromatic carbocycles. The number of hydrogen-bond acceptors (Lipinski definition) is 3. The maximum atomic E-state index is 11.8. The van der Waals surface area contributed by atoms with Gasteiger partial charge >= 0.3 is 0 Å². The number of likely N-dealkylation sites (N-methyl/N-ethyl adjacent to an activating group) is 1. The third kappa shape index (κ3) is 3.32. The summed E-state index contributed by atoms with van der Waals surface area (Å²) in [6.45, 7) is 0.865. The summed E-state index contributed by atoms with van der Waals surface area (Å²) < 4.78 is 4.99. The first-order chi connectivity index (χ1) is 7.69. The van der Waals surface area contributed by atoms with Crippen LogP contribution < -0.4 is 0 Å². The highest BCUT2D eigenvalue weighted by molar-refractivity contribution is 5.94. The minimum absolute atomic E-state index is 0.0238. The van der Waals surface area contributed by atoms with Crippen LogP contribution in [0.15, 0.2) is 24.3 Å². The first-order valence-corrected chi connectivity index (χ1v) is 5.13. The van der Waals surface area contributed by atoms with Gasteiger partial charge in [-0.3, -0.25) is 4.79 Å². The number of nitrogens with zero attached hydrogens (tertiary/aromatic N) is 1. The number of aliphatic hydroxyl groups is 1. The fourth-order valence-electron chi connectivity index (χ4n) is 1.38. The van der Waals surface area contributed by atoms with Gasteiger partial charge < -0.3 is 14.7 Å². The predicted molar refractivity (Wildman–Crippen MR) is 61.2 cm³/mol. The molecule has 0 radical (unpaired) electrons. The minimum Gasteiger partial charge on any atom is -0.395 e. The fraction of sp³-hybridized carbons (Fsp3) is 0.417. The second-order valence-electron chi connectivity index (χ2n) is 3.58. The molecule has 0 fully saturated rings. The van der Waals surface area contributed by atoms with Crippen LogP contribution in [0.4, 0.5) is 0 Å². The molecule has 1 aromatic rings. The minimum atomic E-state index is -0.0852. The van der Waals surface area contributed by atoms with Crippen molar-refractivity contribution in [3.8, 4) is 0 Å². The van der Waals surface area contributed by atoms with Gasteiger partial charge in [0, 0.05) is 26.3 Å². The molecule has 0 aliphatic rings. The first kappa shape index (κ1) is 12.7. The molecule has 0 atom stereocenters. The average Bonchev–Trinajstić information content (AvgIpc) is 2.30. The number of carbonyl (C=O) groups excluding carboxylic acids is 1. The normalized spacial score (nSPS) is 10.2. The van der Waals surface area contributed by atoms with Gasteiger partial charge in [-0.1, -0.05) is 12.1 Å². The number of rotatable bonds is 5. The Hall–Kier alpha value is -1.39.